The van der Waals surface area contributed by atoms with Crippen LogP contribution in [-0.2, 0) is 10.0 Å². The van der Waals surface area contributed by atoms with Crippen LogP contribution in [0.4, 0.5) is 5.69 Å². The Morgan fingerprint density at radius 1 is 1.30 bits per heavy atom. The Morgan fingerprint density at radius 3 is 2.65 bits per heavy atom. The Hall–Kier alpha value is -1.18. The van der Waals surface area contributed by atoms with Gasteiger partial charge in [-0.3, -0.25) is 10.8 Å². The first-order valence-electron chi connectivity index (χ1n) is 6.98. The van der Waals surface area contributed by atoms with Gasteiger partial charge in [0.05, 0.1) is 5.69 Å². The Kier molecular flexibility index (Phi) is 6.90. The topological polar surface area (TPSA) is 97.1 Å². The Labute approximate surface area is 121 Å². The number of hydrogen-bond donors (Lipinski definition) is 3. The van der Waals surface area contributed by atoms with Crippen LogP contribution in [0.2, 0.25) is 0 Å². The van der Waals surface area contributed by atoms with Crippen molar-refractivity contribution >= 4 is 15.7 Å². The van der Waals surface area contributed by atoms with Crippen LogP contribution in [0.1, 0.15) is 46.0 Å². The number of unbranched alkanes of at least 4 members (excludes halogenated alkanes) is 1. The summed E-state index contributed by atoms with van der Waals surface area (Å²) in [7, 11) is -3.61. The highest BCUT2D eigenvalue weighted by atomic mass is 32.2. The van der Waals surface area contributed by atoms with Gasteiger partial charge in [-0.05, 0) is 18.9 Å². The van der Waals surface area contributed by atoms with E-state index >= 15 is 0 Å². The molecule has 1 unspecified atom stereocenters. The highest BCUT2D eigenvalue weighted by Crippen LogP contribution is 2.20. The molecule has 4 N–H and O–H groups in total. The van der Waals surface area contributed by atoms with Crippen molar-refractivity contribution < 1.29 is 8.42 Å². The van der Waals surface area contributed by atoms with Crippen LogP contribution in [0.15, 0.2) is 23.4 Å². The van der Waals surface area contributed by atoms with Crippen molar-refractivity contribution in [1.29, 1.82) is 0 Å². The first-order chi connectivity index (χ1) is 9.55. The number of sulfonamides is 1. The van der Waals surface area contributed by atoms with Crippen LogP contribution in [-0.4, -0.2) is 19.4 Å². The third kappa shape index (κ3) is 4.73. The van der Waals surface area contributed by atoms with E-state index < -0.39 is 10.0 Å². The summed E-state index contributed by atoms with van der Waals surface area (Å²) in [6.45, 7) is 4.14. The minimum Gasteiger partial charge on any atom is -0.323 e. The fourth-order valence-corrected chi connectivity index (χ4v) is 3.48. The summed E-state index contributed by atoms with van der Waals surface area (Å²) in [5.41, 5.74) is 2.74. The normalized spacial score (nSPS) is 13.2. The van der Waals surface area contributed by atoms with Crippen molar-refractivity contribution in [3.05, 3.63) is 18.5 Å². The summed E-state index contributed by atoms with van der Waals surface area (Å²) in [4.78, 5) is 3.94. The number of hydrazine groups is 1. The lowest BCUT2D eigenvalue weighted by Crippen LogP contribution is -2.35. The second-order valence-electron chi connectivity index (χ2n) is 4.77. The van der Waals surface area contributed by atoms with E-state index in [0.29, 0.717) is 5.69 Å². The standard InChI is InChI=1S/C13H24N4O2S/c1-3-5-7-11(6-4-2)17-20(18,19)13-10-15-9-8-12(13)16-14/h8-11,17H,3-7,14H2,1-2H3,(H,15,16). The smallest absolute Gasteiger partial charge is 0.244 e. The molecule has 1 aromatic rings. The minimum atomic E-state index is -3.61. The Morgan fingerprint density at radius 2 is 2.05 bits per heavy atom. The lowest BCUT2D eigenvalue weighted by Gasteiger charge is -2.18. The van der Waals surface area contributed by atoms with Gasteiger partial charge in [0.15, 0.2) is 0 Å². The summed E-state index contributed by atoms with van der Waals surface area (Å²) in [6, 6.07) is 1.49. The zero-order valence-corrected chi connectivity index (χ0v) is 12.9. The van der Waals surface area contributed by atoms with Gasteiger partial charge in [-0.15, -0.1) is 0 Å². The molecule has 20 heavy (non-hydrogen) atoms. The van der Waals surface area contributed by atoms with Gasteiger partial charge in [0, 0.05) is 18.4 Å². The monoisotopic (exact) mass is 300 g/mol. The molecule has 0 saturated heterocycles. The van der Waals surface area contributed by atoms with Gasteiger partial charge in [-0.1, -0.05) is 33.1 Å². The zero-order valence-electron chi connectivity index (χ0n) is 12.1. The molecule has 0 amide bonds. The average Bonchev–Trinajstić information content (AvgIpc) is 2.44. The van der Waals surface area contributed by atoms with Crippen LogP contribution in [0.25, 0.3) is 0 Å². The van der Waals surface area contributed by atoms with Gasteiger partial charge in [-0.2, -0.15) is 0 Å². The van der Waals surface area contributed by atoms with Crippen LogP contribution in [0.3, 0.4) is 0 Å². The fourth-order valence-electron chi connectivity index (χ4n) is 2.06. The summed E-state index contributed by atoms with van der Waals surface area (Å²) >= 11 is 0. The van der Waals surface area contributed by atoms with E-state index in [1.807, 2.05) is 6.92 Å². The molecule has 0 spiro atoms. The third-order valence-electron chi connectivity index (χ3n) is 3.09. The lowest BCUT2D eigenvalue weighted by atomic mass is 10.1. The zero-order chi connectivity index (χ0) is 15.0. The highest BCUT2D eigenvalue weighted by molar-refractivity contribution is 7.89. The van der Waals surface area contributed by atoms with Crippen LogP contribution < -0.4 is 16.0 Å². The third-order valence-corrected chi connectivity index (χ3v) is 4.64. The molecule has 6 nitrogen and oxygen atoms in total. The quantitative estimate of drug-likeness (QED) is 0.479. The Bertz CT molecular complexity index is 505. The first kappa shape index (κ1) is 16.9. The molecule has 0 saturated carbocycles. The molecular weight excluding hydrogens is 276 g/mol. The number of anilines is 1. The van der Waals surface area contributed by atoms with Crippen molar-refractivity contribution in [2.24, 2.45) is 5.84 Å². The van der Waals surface area contributed by atoms with Gasteiger partial charge >= 0.3 is 0 Å². The van der Waals surface area contributed by atoms with Gasteiger partial charge < -0.3 is 5.43 Å². The molecule has 0 bridgehead atoms. The van der Waals surface area contributed by atoms with Gasteiger partial charge in [0.25, 0.3) is 0 Å². The molecule has 1 heterocycles. The van der Waals surface area contributed by atoms with E-state index in [1.54, 1.807) is 0 Å². The van der Waals surface area contributed by atoms with Crippen LogP contribution in [0.5, 0.6) is 0 Å². The van der Waals surface area contributed by atoms with E-state index in [0.717, 1.165) is 32.1 Å². The van der Waals surface area contributed by atoms with Crippen LogP contribution >= 0.6 is 0 Å². The Balaban J connectivity index is 2.91. The predicted molar refractivity (Wildman–Crippen MR) is 80.6 cm³/mol. The van der Waals surface area contributed by atoms with Crippen LogP contribution in [0, 0.1) is 0 Å². The molecule has 1 atom stereocenters. The number of nitrogens with zero attached hydrogens (tertiary/aromatic N) is 1. The molecule has 0 radical (unpaired) electrons. The predicted octanol–water partition coefficient (Wildman–Crippen LogP) is 2.00. The number of pyridine rings is 1. The molecule has 1 aromatic heterocycles. The second-order valence-corrected chi connectivity index (χ2v) is 6.45. The SMILES string of the molecule is CCCCC(CCC)NS(=O)(=O)c1cnccc1NN. The number of hydrogen-bond acceptors (Lipinski definition) is 5. The van der Waals surface area contributed by atoms with Crippen molar-refractivity contribution in [2.75, 3.05) is 5.43 Å². The lowest BCUT2D eigenvalue weighted by molar-refractivity contribution is 0.483. The molecule has 1 rings (SSSR count). The maximum Gasteiger partial charge on any atom is 0.244 e. The number of rotatable bonds is 9. The van der Waals surface area contributed by atoms with E-state index in [4.69, 9.17) is 5.84 Å². The first-order valence-corrected chi connectivity index (χ1v) is 8.46. The fraction of sp³-hybridized carbons (Fsp3) is 0.615. The maximum absolute atomic E-state index is 12.4. The summed E-state index contributed by atoms with van der Waals surface area (Å²) in [5.74, 6) is 5.35. The van der Waals surface area contributed by atoms with E-state index in [-0.39, 0.29) is 10.9 Å². The molecule has 0 aliphatic carbocycles. The molecule has 0 fully saturated rings. The summed E-state index contributed by atoms with van der Waals surface area (Å²) in [5, 5.41) is 0. The number of nitrogens with one attached hydrogen (secondary N) is 2. The van der Waals surface area contributed by atoms with Gasteiger partial charge in [0.2, 0.25) is 10.0 Å². The largest absolute Gasteiger partial charge is 0.323 e. The molecule has 7 heteroatoms. The minimum absolute atomic E-state index is 0.0456. The van der Waals surface area contributed by atoms with Crippen molar-refractivity contribution in [3.8, 4) is 0 Å². The summed E-state index contributed by atoms with van der Waals surface area (Å²) in [6.07, 6.45) is 7.45. The second kappa shape index (κ2) is 8.18. The van der Waals surface area contributed by atoms with E-state index in [2.05, 4.69) is 22.1 Å². The molecule has 114 valence electrons. The number of aromatic nitrogens is 1. The van der Waals surface area contributed by atoms with Crippen molar-refractivity contribution in [3.63, 3.8) is 0 Å². The molecular formula is C13H24N4O2S. The number of nitrogens with two attached hydrogens (primary N) is 1. The van der Waals surface area contributed by atoms with Crippen molar-refractivity contribution in [2.45, 2.75) is 56.9 Å². The van der Waals surface area contributed by atoms with Gasteiger partial charge in [0.1, 0.15) is 4.90 Å². The summed E-state index contributed by atoms with van der Waals surface area (Å²) < 4.78 is 27.6. The maximum atomic E-state index is 12.4. The molecule has 0 aliphatic rings. The van der Waals surface area contributed by atoms with E-state index in [1.165, 1.54) is 18.5 Å². The van der Waals surface area contributed by atoms with Crippen molar-refractivity contribution in [1.82, 2.24) is 9.71 Å². The highest BCUT2D eigenvalue weighted by Gasteiger charge is 2.22. The van der Waals surface area contributed by atoms with Gasteiger partial charge in [-0.25, -0.2) is 13.1 Å². The number of nitrogen functional groups attached to an aromatic ring is 1. The molecule has 0 aliphatic heterocycles. The molecule has 0 aromatic carbocycles. The average molecular weight is 300 g/mol. The van der Waals surface area contributed by atoms with E-state index in [9.17, 15) is 8.42 Å².